The molecule has 1 N–H and O–H groups in total. The Kier molecular flexibility index (Phi) is 8.41. The van der Waals surface area contributed by atoms with Gasteiger partial charge in [0.2, 0.25) is 26.0 Å². The topological polar surface area (TPSA) is 146 Å². The van der Waals surface area contributed by atoms with Gasteiger partial charge in [-0.2, -0.15) is 9.29 Å². The molecule has 1 atom stereocenters. The van der Waals surface area contributed by atoms with Crippen molar-refractivity contribution in [2.75, 3.05) is 44.2 Å². The van der Waals surface area contributed by atoms with Gasteiger partial charge in [0.1, 0.15) is 0 Å². The summed E-state index contributed by atoms with van der Waals surface area (Å²) in [4.78, 5) is 21.5. The lowest BCUT2D eigenvalue weighted by Gasteiger charge is -2.38. The van der Waals surface area contributed by atoms with Crippen LogP contribution < -0.4 is 9.62 Å². The van der Waals surface area contributed by atoms with Gasteiger partial charge in [0, 0.05) is 50.7 Å². The normalized spacial score (nSPS) is 20.0. The van der Waals surface area contributed by atoms with Crippen LogP contribution in [0.25, 0.3) is 0 Å². The molecule has 14 heteroatoms. The molecule has 216 valence electrons. The number of benzene rings is 1. The molecule has 2 aliphatic heterocycles. The Bertz CT molecular complexity index is 1370. The second-order valence-electron chi connectivity index (χ2n) is 11.4. The SMILES string of the molecule is CC(C)c1noc(N2CCN(C(=O)C3CCCN(S(=O)(=O)c4ccc(S(=O)(=O)NC(C)(C)C)cc4)C3)CC2)n1. The molecule has 1 aromatic carbocycles. The van der Waals surface area contributed by atoms with Crippen LogP contribution in [0.1, 0.15) is 59.2 Å². The number of aromatic nitrogens is 2. The maximum Gasteiger partial charge on any atom is 0.324 e. The molecule has 1 amide bonds. The van der Waals surface area contributed by atoms with E-state index in [9.17, 15) is 21.6 Å². The number of anilines is 1. The zero-order valence-electron chi connectivity index (χ0n) is 23.1. The number of amides is 1. The number of nitrogens with zero attached hydrogens (tertiary/aromatic N) is 5. The number of piperazine rings is 1. The van der Waals surface area contributed by atoms with E-state index < -0.39 is 31.5 Å². The van der Waals surface area contributed by atoms with E-state index in [1.165, 1.54) is 28.6 Å². The summed E-state index contributed by atoms with van der Waals surface area (Å²) in [5, 5.41) is 4.00. The van der Waals surface area contributed by atoms with Gasteiger partial charge < -0.3 is 14.3 Å². The van der Waals surface area contributed by atoms with Crippen molar-refractivity contribution in [1.82, 2.24) is 24.1 Å². The van der Waals surface area contributed by atoms with Crippen LogP contribution in [0, 0.1) is 5.92 Å². The summed E-state index contributed by atoms with van der Waals surface area (Å²) >= 11 is 0. The number of sulfonamides is 2. The molecule has 0 bridgehead atoms. The molecular formula is C25H38N6O6S2. The summed E-state index contributed by atoms with van der Waals surface area (Å²) in [5.74, 6) is 0.307. The molecule has 3 heterocycles. The maximum atomic E-state index is 13.4. The molecule has 4 rings (SSSR count). The van der Waals surface area contributed by atoms with Crippen molar-refractivity contribution in [2.24, 2.45) is 5.92 Å². The van der Waals surface area contributed by atoms with Crippen LogP contribution in [-0.2, 0) is 24.8 Å². The minimum atomic E-state index is -3.89. The van der Waals surface area contributed by atoms with Crippen LogP contribution in [0.4, 0.5) is 6.01 Å². The molecule has 2 saturated heterocycles. The van der Waals surface area contributed by atoms with Crippen LogP contribution in [0.15, 0.2) is 38.6 Å². The Morgan fingerprint density at radius 3 is 2.18 bits per heavy atom. The molecule has 0 aliphatic carbocycles. The van der Waals surface area contributed by atoms with Crippen molar-refractivity contribution < 1.29 is 26.2 Å². The molecule has 12 nitrogen and oxygen atoms in total. The minimum Gasteiger partial charge on any atom is -0.339 e. The quantitative estimate of drug-likeness (QED) is 0.518. The minimum absolute atomic E-state index is 0.000698. The second-order valence-corrected chi connectivity index (χ2v) is 15.1. The zero-order valence-corrected chi connectivity index (χ0v) is 24.8. The van der Waals surface area contributed by atoms with Gasteiger partial charge in [-0.1, -0.05) is 19.0 Å². The Hall–Kier alpha value is -2.55. The van der Waals surface area contributed by atoms with Crippen molar-refractivity contribution in [2.45, 2.75) is 68.7 Å². The van der Waals surface area contributed by atoms with Gasteiger partial charge in [0.25, 0.3) is 0 Å². The fourth-order valence-corrected chi connectivity index (χ4v) is 7.67. The smallest absolute Gasteiger partial charge is 0.324 e. The molecule has 2 aliphatic rings. The Morgan fingerprint density at radius 2 is 1.62 bits per heavy atom. The molecule has 39 heavy (non-hydrogen) atoms. The van der Waals surface area contributed by atoms with Gasteiger partial charge in [-0.15, -0.1) is 0 Å². The molecule has 0 saturated carbocycles. The number of hydrogen-bond acceptors (Lipinski definition) is 9. The lowest BCUT2D eigenvalue weighted by Crippen LogP contribution is -2.53. The third-order valence-electron chi connectivity index (χ3n) is 6.76. The molecule has 0 spiro atoms. The van der Waals surface area contributed by atoms with Crippen molar-refractivity contribution >= 4 is 32.0 Å². The molecule has 2 fully saturated rings. The third-order valence-corrected chi connectivity index (χ3v) is 10.4. The van der Waals surface area contributed by atoms with E-state index in [4.69, 9.17) is 4.52 Å². The fraction of sp³-hybridized carbons (Fsp3) is 0.640. The van der Waals surface area contributed by atoms with Gasteiger partial charge >= 0.3 is 6.01 Å². The number of hydrogen-bond donors (Lipinski definition) is 1. The number of carbonyl (C=O) groups is 1. The summed E-state index contributed by atoms with van der Waals surface area (Å²) in [6.45, 7) is 11.6. The first-order valence-corrected chi connectivity index (χ1v) is 16.1. The van der Waals surface area contributed by atoms with Gasteiger partial charge in [-0.3, -0.25) is 4.79 Å². The van der Waals surface area contributed by atoms with E-state index in [1.54, 1.807) is 25.7 Å². The second kappa shape index (κ2) is 11.1. The molecule has 2 aromatic rings. The van der Waals surface area contributed by atoms with Crippen LogP contribution in [0.5, 0.6) is 0 Å². The number of piperidine rings is 1. The van der Waals surface area contributed by atoms with Crippen LogP contribution in [-0.4, -0.2) is 86.9 Å². The summed E-state index contributed by atoms with van der Waals surface area (Å²) in [6.07, 6.45) is 1.18. The molecule has 1 aromatic heterocycles. The highest BCUT2D eigenvalue weighted by Gasteiger charge is 2.36. The Labute approximate surface area is 230 Å². The molecule has 1 unspecified atom stereocenters. The van der Waals surface area contributed by atoms with E-state index in [-0.39, 0.29) is 28.2 Å². The first kappa shape index (κ1) is 29.4. The third kappa shape index (κ3) is 6.79. The summed E-state index contributed by atoms with van der Waals surface area (Å²) < 4.78 is 61.2. The fourth-order valence-electron chi connectivity index (χ4n) is 4.73. The highest BCUT2D eigenvalue weighted by Crippen LogP contribution is 2.27. The monoisotopic (exact) mass is 582 g/mol. The van der Waals surface area contributed by atoms with E-state index in [2.05, 4.69) is 14.9 Å². The largest absolute Gasteiger partial charge is 0.339 e. The predicted molar refractivity (Wildman–Crippen MR) is 145 cm³/mol. The highest BCUT2D eigenvalue weighted by atomic mass is 32.2. The maximum absolute atomic E-state index is 13.4. The van der Waals surface area contributed by atoms with E-state index in [1.807, 2.05) is 18.7 Å². The standard InChI is InChI=1S/C25H38N6O6S2/c1-18(2)22-26-24(37-27-22)30-15-13-29(14-16-30)23(32)19-7-6-12-31(17-19)39(35,36)21-10-8-20(9-11-21)38(33,34)28-25(3,4)5/h8-11,18-19,28H,6-7,12-17H2,1-5H3. The van der Waals surface area contributed by atoms with Gasteiger partial charge in [0.05, 0.1) is 15.7 Å². The van der Waals surface area contributed by atoms with E-state index in [0.717, 1.165) is 0 Å². The van der Waals surface area contributed by atoms with Crippen LogP contribution in [0.2, 0.25) is 0 Å². The van der Waals surface area contributed by atoms with Crippen LogP contribution in [0.3, 0.4) is 0 Å². The van der Waals surface area contributed by atoms with Crippen molar-refractivity contribution in [1.29, 1.82) is 0 Å². The van der Waals surface area contributed by atoms with Gasteiger partial charge in [-0.05, 0) is 57.9 Å². The number of carbonyl (C=O) groups excluding carboxylic acids is 1. The lowest BCUT2D eigenvalue weighted by molar-refractivity contribution is -0.137. The molecular weight excluding hydrogens is 544 g/mol. The van der Waals surface area contributed by atoms with Gasteiger partial charge in [0.15, 0.2) is 5.82 Å². The summed E-state index contributed by atoms with van der Waals surface area (Å²) in [5.41, 5.74) is -0.671. The Balaban J connectivity index is 1.38. The van der Waals surface area contributed by atoms with Crippen molar-refractivity contribution in [3.63, 3.8) is 0 Å². The average molecular weight is 583 g/mol. The van der Waals surface area contributed by atoms with Gasteiger partial charge in [-0.25, -0.2) is 21.6 Å². The first-order chi connectivity index (χ1) is 18.2. The number of rotatable bonds is 7. The summed E-state index contributed by atoms with van der Waals surface area (Å²) in [6, 6.07) is 5.65. The Morgan fingerprint density at radius 1 is 1.00 bits per heavy atom. The van der Waals surface area contributed by atoms with Crippen molar-refractivity contribution in [3.05, 3.63) is 30.1 Å². The van der Waals surface area contributed by atoms with Crippen LogP contribution >= 0.6 is 0 Å². The predicted octanol–water partition coefficient (Wildman–Crippen LogP) is 2.02. The van der Waals surface area contributed by atoms with E-state index >= 15 is 0 Å². The van der Waals surface area contributed by atoms with Crippen molar-refractivity contribution in [3.8, 4) is 0 Å². The average Bonchev–Trinajstić information content (AvgIpc) is 3.38. The lowest BCUT2D eigenvalue weighted by atomic mass is 9.98. The summed E-state index contributed by atoms with van der Waals surface area (Å²) in [7, 11) is -7.68. The molecule has 0 radical (unpaired) electrons. The number of nitrogens with one attached hydrogen (secondary N) is 1. The highest BCUT2D eigenvalue weighted by molar-refractivity contribution is 7.89. The van der Waals surface area contributed by atoms with E-state index in [0.29, 0.717) is 57.4 Å². The first-order valence-electron chi connectivity index (χ1n) is 13.2. The zero-order chi connectivity index (χ0) is 28.6.